The number of fused-ring (bicyclic) bond motifs is 5. The van der Waals surface area contributed by atoms with Gasteiger partial charge >= 0.3 is 0 Å². The van der Waals surface area contributed by atoms with Crippen LogP contribution in [-0.4, -0.2) is 22.1 Å². The van der Waals surface area contributed by atoms with Gasteiger partial charge in [0.15, 0.2) is 5.78 Å². The summed E-state index contributed by atoms with van der Waals surface area (Å²) in [4.78, 5) is 12.8. The maximum Gasteiger partial charge on any atom is 0.167 e. The number of aliphatic hydroxyl groups is 1. The summed E-state index contributed by atoms with van der Waals surface area (Å²) in [6.07, 6.45) is 6.34. The van der Waals surface area contributed by atoms with Gasteiger partial charge in [0, 0.05) is 5.41 Å². The molecule has 4 rings (SSSR count). The monoisotopic (exact) mass is 340 g/mol. The molecule has 25 heavy (non-hydrogen) atoms. The third-order valence-corrected chi connectivity index (χ3v) is 7.71. The molecule has 5 unspecified atom stereocenters. The highest BCUT2D eigenvalue weighted by Crippen LogP contribution is 2.66. The number of allylic oxidation sites excluding steroid dienone is 2. The zero-order valence-corrected chi connectivity index (χ0v) is 15.4. The van der Waals surface area contributed by atoms with Crippen molar-refractivity contribution in [3.8, 4) is 5.75 Å². The Balaban J connectivity index is 1.76. The standard InChI is InChI=1S/C22H28O3/c1-13(23)20(25)22(3)11-9-19-18-6-4-14-12-15(24)5-7-16(14)17(18)8-10-21(19,22)2/h5,7-8,12-13,18-19,23-24H,4,6,9-11H2,1-3H3. The highest BCUT2D eigenvalue weighted by molar-refractivity contribution is 5.89. The number of aliphatic hydroxyl groups excluding tert-OH is 1. The van der Waals surface area contributed by atoms with Crippen molar-refractivity contribution in [1.29, 1.82) is 0 Å². The predicted molar refractivity (Wildman–Crippen MR) is 98.1 cm³/mol. The molecule has 0 radical (unpaired) electrons. The molecule has 0 bridgehead atoms. The summed E-state index contributed by atoms with van der Waals surface area (Å²) in [5, 5.41) is 19.7. The molecule has 0 spiro atoms. The first-order valence-electron chi connectivity index (χ1n) is 9.52. The van der Waals surface area contributed by atoms with Crippen molar-refractivity contribution >= 4 is 11.4 Å². The van der Waals surface area contributed by atoms with Crippen LogP contribution in [0.25, 0.3) is 5.57 Å². The largest absolute Gasteiger partial charge is 0.508 e. The van der Waals surface area contributed by atoms with Gasteiger partial charge in [0.1, 0.15) is 11.9 Å². The zero-order chi connectivity index (χ0) is 18.0. The van der Waals surface area contributed by atoms with Gasteiger partial charge < -0.3 is 10.2 Å². The second-order valence-electron chi connectivity index (χ2n) is 8.79. The number of ketones is 1. The van der Waals surface area contributed by atoms with E-state index in [0.29, 0.717) is 17.6 Å². The number of benzene rings is 1. The Labute approximate surface area is 149 Å². The van der Waals surface area contributed by atoms with Gasteiger partial charge in [-0.25, -0.2) is 0 Å². The lowest BCUT2D eigenvalue weighted by atomic mass is 9.53. The number of phenolic OH excluding ortho intramolecular Hbond substituents is 1. The molecule has 3 nitrogen and oxygen atoms in total. The van der Waals surface area contributed by atoms with Gasteiger partial charge in [-0.1, -0.05) is 26.0 Å². The van der Waals surface area contributed by atoms with E-state index >= 15 is 0 Å². The Morgan fingerprint density at radius 3 is 2.76 bits per heavy atom. The molecule has 0 saturated heterocycles. The van der Waals surface area contributed by atoms with Gasteiger partial charge in [0.05, 0.1) is 0 Å². The smallest absolute Gasteiger partial charge is 0.167 e. The van der Waals surface area contributed by atoms with E-state index in [1.54, 1.807) is 13.0 Å². The number of carbonyl (C=O) groups is 1. The van der Waals surface area contributed by atoms with E-state index < -0.39 is 11.5 Å². The predicted octanol–water partition coefficient (Wildman–Crippen LogP) is 4.11. The van der Waals surface area contributed by atoms with Crippen molar-refractivity contribution < 1.29 is 15.0 Å². The highest BCUT2D eigenvalue weighted by Gasteiger charge is 2.61. The van der Waals surface area contributed by atoms with Crippen molar-refractivity contribution in [3.05, 3.63) is 35.4 Å². The maximum atomic E-state index is 12.8. The van der Waals surface area contributed by atoms with Gasteiger partial charge in [-0.05, 0) is 85.1 Å². The average Bonchev–Trinajstić information content (AvgIpc) is 2.86. The summed E-state index contributed by atoms with van der Waals surface area (Å²) in [6.45, 7) is 5.96. The van der Waals surface area contributed by atoms with E-state index in [4.69, 9.17) is 0 Å². The van der Waals surface area contributed by atoms with Gasteiger partial charge in [-0.2, -0.15) is 0 Å². The van der Waals surface area contributed by atoms with Crippen molar-refractivity contribution in [2.24, 2.45) is 22.7 Å². The molecule has 0 aromatic heterocycles. The molecule has 0 aliphatic heterocycles. The van der Waals surface area contributed by atoms with Gasteiger partial charge in [-0.15, -0.1) is 0 Å². The Hall–Kier alpha value is -1.61. The minimum atomic E-state index is -0.888. The minimum absolute atomic E-state index is 0.00971. The summed E-state index contributed by atoms with van der Waals surface area (Å²) >= 11 is 0. The van der Waals surface area contributed by atoms with Crippen molar-refractivity contribution in [2.45, 2.75) is 59.0 Å². The molecule has 2 N–H and O–H groups in total. The lowest BCUT2D eigenvalue weighted by Crippen LogP contribution is -2.49. The number of hydrogen-bond acceptors (Lipinski definition) is 3. The fraction of sp³-hybridized carbons (Fsp3) is 0.591. The van der Waals surface area contributed by atoms with E-state index in [0.717, 1.165) is 32.1 Å². The van der Waals surface area contributed by atoms with Crippen LogP contribution in [0.5, 0.6) is 5.75 Å². The second-order valence-corrected chi connectivity index (χ2v) is 8.79. The number of Topliss-reactive ketones (excluding diaryl/α,β-unsaturated/α-hetero) is 1. The van der Waals surface area contributed by atoms with E-state index in [9.17, 15) is 15.0 Å². The number of hydrogen-bond donors (Lipinski definition) is 2. The number of rotatable bonds is 2. The van der Waals surface area contributed by atoms with E-state index in [-0.39, 0.29) is 11.2 Å². The van der Waals surface area contributed by atoms with Crippen LogP contribution in [0, 0.1) is 22.7 Å². The van der Waals surface area contributed by atoms with Crippen LogP contribution in [0.15, 0.2) is 24.3 Å². The number of phenols is 1. The molecule has 1 aromatic rings. The van der Waals surface area contributed by atoms with Crippen LogP contribution in [0.4, 0.5) is 0 Å². The third kappa shape index (κ3) is 2.18. The van der Waals surface area contributed by atoms with Crippen LogP contribution >= 0.6 is 0 Å². The van der Waals surface area contributed by atoms with E-state index in [2.05, 4.69) is 26.0 Å². The first-order chi connectivity index (χ1) is 11.8. The van der Waals surface area contributed by atoms with Crippen LogP contribution in [0.3, 0.4) is 0 Å². The van der Waals surface area contributed by atoms with Gasteiger partial charge in [0.2, 0.25) is 0 Å². The van der Waals surface area contributed by atoms with Crippen LogP contribution in [-0.2, 0) is 11.2 Å². The molecule has 1 fully saturated rings. The average molecular weight is 340 g/mol. The van der Waals surface area contributed by atoms with Crippen molar-refractivity contribution in [1.82, 2.24) is 0 Å². The van der Waals surface area contributed by atoms with Gasteiger partial charge in [0.25, 0.3) is 0 Å². The van der Waals surface area contributed by atoms with Crippen molar-refractivity contribution in [3.63, 3.8) is 0 Å². The fourth-order valence-corrected chi connectivity index (χ4v) is 6.08. The van der Waals surface area contributed by atoms with Gasteiger partial charge in [-0.3, -0.25) is 4.79 Å². The molecule has 3 aliphatic carbocycles. The quantitative estimate of drug-likeness (QED) is 0.851. The lowest BCUT2D eigenvalue weighted by Gasteiger charge is -2.50. The molecule has 3 aliphatic rings. The van der Waals surface area contributed by atoms with Crippen LogP contribution in [0.1, 0.15) is 57.6 Å². The van der Waals surface area contributed by atoms with E-state index in [1.807, 2.05) is 6.07 Å². The summed E-state index contributed by atoms with van der Waals surface area (Å²) in [5.41, 5.74) is 3.42. The molecule has 134 valence electrons. The number of aromatic hydroxyl groups is 1. The second kappa shape index (κ2) is 5.44. The Morgan fingerprint density at radius 2 is 2.04 bits per heavy atom. The normalized spacial score (nSPS) is 37.5. The molecule has 1 saturated carbocycles. The summed E-state index contributed by atoms with van der Waals surface area (Å²) < 4.78 is 0. The molecule has 1 aromatic carbocycles. The summed E-state index contributed by atoms with van der Waals surface area (Å²) in [6, 6.07) is 5.74. The summed E-state index contributed by atoms with van der Waals surface area (Å²) in [7, 11) is 0. The topological polar surface area (TPSA) is 57.5 Å². The minimum Gasteiger partial charge on any atom is -0.508 e. The van der Waals surface area contributed by atoms with Crippen molar-refractivity contribution in [2.75, 3.05) is 0 Å². The van der Waals surface area contributed by atoms with Crippen LogP contribution in [0.2, 0.25) is 0 Å². The Kier molecular flexibility index (Phi) is 3.66. The lowest BCUT2D eigenvalue weighted by molar-refractivity contribution is -0.143. The highest BCUT2D eigenvalue weighted by atomic mass is 16.3. The number of aryl methyl sites for hydroxylation is 1. The first-order valence-corrected chi connectivity index (χ1v) is 9.52. The molecule has 3 heteroatoms. The molecule has 0 amide bonds. The fourth-order valence-electron chi connectivity index (χ4n) is 6.08. The maximum absolute atomic E-state index is 12.8. The molecular weight excluding hydrogens is 312 g/mol. The number of carbonyl (C=O) groups excluding carboxylic acids is 1. The first kappa shape index (κ1) is 16.8. The Morgan fingerprint density at radius 1 is 1.28 bits per heavy atom. The molecule has 0 heterocycles. The third-order valence-electron chi connectivity index (χ3n) is 7.71. The molecular formula is C22H28O3. The van der Waals surface area contributed by atoms with E-state index in [1.165, 1.54) is 16.7 Å². The summed E-state index contributed by atoms with van der Waals surface area (Å²) in [5.74, 6) is 1.33. The van der Waals surface area contributed by atoms with Crippen LogP contribution < -0.4 is 0 Å². The SMILES string of the molecule is CC(O)C(=O)C1(C)CCC2C3CCc4cc(O)ccc4C3=CCC21C. The zero-order valence-electron chi connectivity index (χ0n) is 15.4. The Bertz CT molecular complexity index is 763. The molecule has 5 atom stereocenters.